The van der Waals surface area contributed by atoms with Crippen molar-refractivity contribution in [2.24, 2.45) is 5.92 Å². The van der Waals surface area contributed by atoms with Crippen LogP contribution in [-0.4, -0.2) is 43.0 Å². The van der Waals surface area contributed by atoms with Crippen LogP contribution in [0.5, 0.6) is 11.5 Å². The van der Waals surface area contributed by atoms with E-state index in [4.69, 9.17) is 9.47 Å². The number of hydrogen-bond acceptors (Lipinski definition) is 4. The molecule has 0 aliphatic carbocycles. The molecule has 1 saturated heterocycles. The molecule has 2 aromatic carbocycles. The summed E-state index contributed by atoms with van der Waals surface area (Å²) in [6.07, 6.45) is 0. The number of likely N-dealkylation sites (tertiary alicyclic amines) is 1. The molecule has 0 saturated carbocycles. The van der Waals surface area contributed by atoms with Crippen LogP contribution in [0.4, 0.5) is 10.1 Å². The van der Waals surface area contributed by atoms with E-state index >= 15 is 0 Å². The lowest BCUT2D eigenvalue weighted by atomic mass is 9.99. The van der Waals surface area contributed by atoms with Gasteiger partial charge in [-0.1, -0.05) is 17.7 Å². The van der Waals surface area contributed by atoms with Gasteiger partial charge in [-0.2, -0.15) is 0 Å². The highest BCUT2D eigenvalue weighted by atomic mass is 19.1. The van der Waals surface area contributed by atoms with Crippen LogP contribution >= 0.6 is 0 Å². The molecule has 0 radical (unpaired) electrons. The fourth-order valence-electron chi connectivity index (χ4n) is 3.45. The first-order valence-electron chi connectivity index (χ1n) is 9.16. The molecule has 146 valence electrons. The van der Waals surface area contributed by atoms with Crippen LogP contribution in [0.3, 0.4) is 0 Å². The van der Waals surface area contributed by atoms with Crippen LogP contribution in [0.25, 0.3) is 0 Å². The van der Waals surface area contributed by atoms with E-state index in [0.29, 0.717) is 25.4 Å². The summed E-state index contributed by atoms with van der Waals surface area (Å²) in [7, 11) is 0. The van der Waals surface area contributed by atoms with Crippen LogP contribution in [-0.2, 0) is 4.79 Å². The largest absolute Gasteiger partial charge is 0.493 e. The van der Waals surface area contributed by atoms with Crippen LogP contribution in [0.15, 0.2) is 30.3 Å². The highest BCUT2D eigenvalue weighted by Gasteiger charge is 2.34. The van der Waals surface area contributed by atoms with Gasteiger partial charge in [-0.3, -0.25) is 9.59 Å². The van der Waals surface area contributed by atoms with Gasteiger partial charge >= 0.3 is 0 Å². The smallest absolute Gasteiger partial charge is 0.262 e. The zero-order valence-electron chi connectivity index (χ0n) is 15.8. The van der Waals surface area contributed by atoms with Crippen LogP contribution in [0.1, 0.15) is 21.5 Å². The Morgan fingerprint density at radius 1 is 1.29 bits per heavy atom. The van der Waals surface area contributed by atoms with E-state index in [1.165, 1.54) is 11.6 Å². The molecule has 2 aliphatic rings. The van der Waals surface area contributed by atoms with Gasteiger partial charge in [-0.25, -0.2) is 4.39 Å². The summed E-state index contributed by atoms with van der Waals surface area (Å²) < 4.78 is 25.4. The third kappa shape index (κ3) is 3.52. The predicted octanol–water partition coefficient (Wildman–Crippen LogP) is 2.92. The van der Waals surface area contributed by atoms with Crippen molar-refractivity contribution in [3.05, 3.63) is 52.8 Å². The van der Waals surface area contributed by atoms with Crippen LogP contribution in [0.2, 0.25) is 0 Å². The number of aryl methyl sites for hydroxylation is 2. The molecule has 2 aromatic rings. The standard InChI is InChI=1S/C21H21FN2O4/c1-12-3-4-18(13(2)5-12)27-10-14-8-24(9-14)21(26)15-6-17-19(7-16(15)22)28-11-20(25)23-17/h3-7,14H,8-11H2,1-2H3,(H,23,25). The summed E-state index contributed by atoms with van der Waals surface area (Å²) in [5.41, 5.74) is 2.50. The first kappa shape index (κ1) is 18.3. The lowest BCUT2D eigenvalue weighted by Gasteiger charge is -2.39. The topological polar surface area (TPSA) is 67.9 Å². The van der Waals surface area contributed by atoms with Gasteiger partial charge in [0, 0.05) is 25.1 Å². The van der Waals surface area contributed by atoms with Gasteiger partial charge in [-0.05, 0) is 31.5 Å². The lowest BCUT2D eigenvalue weighted by molar-refractivity contribution is -0.118. The van der Waals surface area contributed by atoms with Gasteiger partial charge in [0.25, 0.3) is 11.8 Å². The number of halogens is 1. The average Bonchev–Trinajstić information content (AvgIpc) is 2.61. The Kier molecular flexibility index (Phi) is 4.66. The minimum atomic E-state index is -0.658. The Labute approximate surface area is 162 Å². The van der Waals surface area contributed by atoms with Gasteiger partial charge in [0.05, 0.1) is 17.9 Å². The van der Waals surface area contributed by atoms with Crippen molar-refractivity contribution in [3.8, 4) is 11.5 Å². The van der Waals surface area contributed by atoms with Crippen molar-refractivity contribution >= 4 is 17.5 Å². The molecule has 2 aliphatic heterocycles. The van der Waals surface area contributed by atoms with E-state index in [1.54, 1.807) is 4.90 Å². The van der Waals surface area contributed by atoms with Crippen molar-refractivity contribution in [3.63, 3.8) is 0 Å². The molecular weight excluding hydrogens is 363 g/mol. The van der Waals surface area contributed by atoms with E-state index in [-0.39, 0.29) is 29.7 Å². The SMILES string of the molecule is Cc1ccc(OCC2CN(C(=O)c3cc4c(cc3F)OCC(=O)N4)C2)c(C)c1. The number of anilines is 1. The van der Waals surface area contributed by atoms with E-state index in [1.807, 2.05) is 26.0 Å². The molecule has 0 bridgehead atoms. The maximum atomic E-state index is 14.3. The first-order chi connectivity index (χ1) is 13.4. The summed E-state index contributed by atoms with van der Waals surface area (Å²) in [6.45, 7) is 5.38. The number of carbonyl (C=O) groups is 2. The normalized spacial score (nSPS) is 16.0. The number of fused-ring (bicyclic) bond motifs is 1. The second kappa shape index (κ2) is 7.14. The summed E-state index contributed by atoms with van der Waals surface area (Å²) in [6, 6.07) is 8.49. The molecule has 2 heterocycles. The Bertz CT molecular complexity index is 954. The van der Waals surface area contributed by atoms with Crippen molar-refractivity contribution < 1.29 is 23.5 Å². The summed E-state index contributed by atoms with van der Waals surface area (Å²) in [4.78, 5) is 25.6. The molecule has 28 heavy (non-hydrogen) atoms. The highest BCUT2D eigenvalue weighted by molar-refractivity contribution is 6.00. The molecule has 0 unspecified atom stereocenters. The zero-order chi connectivity index (χ0) is 19.8. The Morgan fingerprint density at radius 2 is 2.07 bits per heavy atom. The molecule has 0 aromatic heterocycles. The predicted molar refractivity (Wildman–Crippen MR) is 101 cm³/mol. The molecule has 6 nitrogen and oxygen atoms in total. The van der Waals surface area contributed by atoms with Gasteiger partial charge in [-0.15, -0.1) is 0 Å². The third-order valence-corrected chi connectivity index (χ3v) is 4.98. The number of amides is 2. The summed E-state index contributed by atoms with van der Waals surface area (Å²) in [5.74, 6) is -0.111. The maximum absolute atomic E-state index is 14.3. The monoisotopic (exact) mass is 384 g/mol. The van der Waals surface area contributed by atoms with Gasteiger partial charge in [0.15, 0.2) is 6.61 Å². The second-order valence-corrected chi connectivity index (χ2v) is 7.32. The molecule has 7 heteroatoms. The number of nitrogens with one attached hydrogen (secondary N) is 1. The van der Waals surface area contributed by atoms with E-state index in [0.717, 1.165) is 17.4 Å². The van der Waals surface area contributed by atoms with Gasteiger partial charge in [0.1, 0.15) is 17.3 Å². The third-order valence-electron chi connectivity index (χ3n) is 4.98. The van der Waals surface area contributed by atoms with Crippen molar-refractivity contribution in [1.82, 2.24) is 4.90 Å². The van der Waals surface area contributed by atoms with Crippen LogP contribution < -0.4 is 14.8 Å². The second-order valence-electron chi connectivity index (χ2n) is 7.32. The van der Waals surface area contributed by atoms with E-state index in [2.05, 4.69) is 11.4 Å². The molecule has 1 fully saturated rings. The molecule has 2 amide bonds. The van der Waals surface area contributed by atoms with Crippen LogP contribution in [0, 0.1) is 25.6 Å². The van der Waals surface area contributed by atoms with E-state index in [9.17, 15) is 14.0 Å². The lowest BCUT2D eigenvalue weighted by Crippen LogP contribution is -2.52. The number of rotatable bonds is 4. The quantitative estimate of drug-likeness (QED) is 0.880. The fourth-order valence-corrected chi connectivity index (χ4v) is 3.45. The molecule has 1 N–H and O–H groups in total. The van der Waals surface area contributed by atoms with Crippen molar-refractivity contribution in [1.29, 1.82) is 0 Å². The van der Waals surface area contributed by atoms with Gasteiger partial charge < -0.3 is 19.7 Å². The van der Waals surface area contributed by atoms with Gasteiger partial charge in [0.2, 0.25) is 0 Å². The van der Waals surface area contributed by atoms with Crippen molar-refractivity contribution in [2.75, 3.05) is 31.6 Å². The van der Waals surface area contributed by atoms with Crippen molar-refractivity contribution in [2.45, 2.75) is 13.8 Å². The minimum Gasteiger partial charge on any atom is -0.493 e. The fraction of sp³-hybridized carbons (Fsp3) is 0.333. The number of ether oxygens (including phenoxy) is 2. The first-order valence-corrected chi connectivity index (χ1v) is 9.16. The molecule has 0 spiro atoms. The highest BCUT2D eigenvalue weighted by Crippen LogP contribution is 2.32. The molecule has 4 rings (SSSR count). The number of carbonyl (C=O) groups excluding carboxylic acids is 2. The summed E-state index contributed by atoms with van der Waals surface area (Å²) in [5, 5.41) is 2.59. The number of nitrogens with zero attached hydrogens (tertiary/aromatic N) is 1. The number of hydrogen-bond donors (Lipinski definition) is 1. The average molecular weight is 384 g/mol. The number of benzene rings is 2. The van der Waals surface area contributed by atoms with E-state index < -0.39 is 11.7 Å². The maximum Gasteiger partial charge on any atom is 0.262 e. The Morgan fingerprint density at radius 3 is 2.82 bits per heavy atom. The molecule has 0 atom stereocenters. The summed E-state index contributed by atoms with van der Waals surface area (Å²) >= 11 is 0. The minimum absolute atomic E-state index is 0.0710. The Hall–Kier alpha value is -3.09. The molecular formula is C21H21FN2O4. The Balaban J connectivity index is 1.36. The zero-order valence-corrected chi connectivity index (χ0v) is 15.8.